The first-order chi connectivity index (χ1) is 13.4. The van der Waals surface area contributed by atoms with E-state index >= 15 is 0 Å². The second-order valence-corrected chi connectivity index (χ2v) is 6.94. The number of esters is 1. The third kappa shape index (κ3) is 5.20. The van der Waals surface area contributed by atoms with Gasteiger partial charge in [0.2, 0.25) is 0 Å². The molecule has 28 heavy (non-hydrogen) atoms. The Hall–Kier alpha value is -2.19. The van der Waals surface area contributed by atoms with E-state index in [2.05, 4.69) is 4.98 Å². The quantitative estimate of drug-likeness (QED) is 0.579. The molecule has 0 radical (unpaired) electrons. The number of nitrogens with zero attached hydrogens (tertiary/aromatic N) is 1. The van der Waals surface area contributed by atoms with E-state index in [0.29, 0.717) is 6.42 Å². The summed E-state index contributed by atoms with van der Waals surface area (Å²) in [7, 11) is 4.57. The van der Waals surface area contributed by atoms with Gasteiger partial charge in [0.05, 0.1) is 19.1 Å². The predicted molar refractivity (Wildman–Crippen MR) is 101 cm³/mol. The highest BCUT2D eigenvalue weighted by atomic mass is 16.6. The van der Waals surface area contributed by atoms with Crippen LogP contribution in [0.25, 0.3) is 0 Å². The van der Waals surface area contributed by atoms with Gasteiger partial charge in [0.25, 0.3) is 0 Å². The van der Waals surface area contributed by atoms with Crippen molar-refractivity contribution in [1.82, 2.24) is 4.98 Å². The fourth-order valence-electron chi connectivity index (χ4n) is 3.57. The standard InChI is InChI=1S/C20H29NO7/c1-12-19(27-4)16(26-3)8-6-5-7-13(20(24)28-12)11-14(22)17-18(23)15(25-2)9-10-21-17/h9-10,12-13,16,19,23H,5-8,11H2,1-4H3/t12-,13+,16-,19-/m0/s1. The zero-order valence-corrected chi connectivity index (χ0v) is 16.8. The normalized spacial score (nSPS) is 26.4. The smallest absolute Gasteiger partial charge is 0.309 e. The molecule has 0 saturated carbocycles. The minimum atomic E-state index is -0.612. The maximum Gasteiger partial charge on any atom is 0.309 e. The summed E-state index contributed by atoms with van der Waals surface area (Å²) in [6.45, 7) is 1.76. The van der Waals surface area contributed by atoms with Crippen LogP contribution in [0.4, 0.5) is 0 Å². The number of carbonyl (C=O) groups is 2. The van der Waals surface area contributed by atoms with E-state index in [1.54, 1.807) is 21.1 Å². The van der Waals surface area contributed by atoms with Crippen LogP contribution in [0.1, 0.15) is 49.5 Å². The zero-order valence-electron chi connectivity index (χ0n) is 16.8. The number of hydrogen-bond donors (Lipinski definition) is 1. The summed E-state index contributed by atoms with van der Waals surface area (Å²) in [5.41, 5.74) is -0.105. The highest BCUT2D eigenvalue weighted by Gasteiger charge is 2.34. The van der Waals surface area contributed by atoms with Crippen molar-refractivity contribution < 1.29 is 33.6 Å². The number of ketones is 1. The molecule has 8 nitrogen and oxygen atoms in total. The van der Waals surface area contributed by atoms with Crippen LogP contribution in [0, 0.1) is 5.92 Å². The van der Waals surface area contributed by atoms with E-state index in [9.17, 15) is 14.7 Å². The fourth-order valence-corrected chi connectivity index (χ4v) is 3.57. The summed E-state index contributed by atoms with van der Waals surface area (Å²) < 4.78 is 21.6. The lowest BCUT2D eigenvalue weighted by atomic mass is 9.92. The van der Waals surface area contributed by atoms with Crippen LogP contribution in [-0.2, 0) is 19.0 Å². The molecule has 1 N–H and O–H groups in total. The van der Waals surface area contributed by atoms with Gasteiger partial charge in [-0.05, 0) is 19.8 Å². The first kappa shape index (κ1) is 22.1. The zero-order chi connectivity index (χ0) is 20.7. The van der Waals surface area contributed by atoms with Crippen LogP contribution >= 0.6 is 0 Å². The van der Waals surface area contributed by atoms with Crippen molar-refractivity contribution in [2.45, 2.75) is 57.3 Å². The molecule has 0 unspecified atom stereocenters. The number of hydrogen-bond acceptors (Lipinski definition) is 8. The van der Waals surface area contributed by atoms with Crippen molar-refractivity contribution in [3.05, 3.63) is 18.0 Å². The highest BCUT2D eigenvalue weighted by molar-refractivity contribution is 5.99. The summed E-state index contributed by atoms with van der Waals surface area (Å²) in [4.78, 5) is 29.3. The van der Waals surface area contributed by atoms with Gasteiger partial charge in [-0.2, -0.15) is 0 Å². The second-order valence-electron chi connectivity index (χ2n) is 6.94. The molecule has 1 saturated heterocycles. The van der Waals surface area contributed by atoms with Gasteiger partial charge >= 0.3 is 5.97 Å². The lowest BCUT2D eigenvalue weighted by molar-refractivity contribution is -0.168. The minimum Gasteiger partial charge on any atom is -0.503 e. The number of pyridine rings is 1. The molecule has 8 heteroatoms. The van der Waals surface area contributed by atoms with Crippen molar-refractivity contribution in [2.75, 3.05) is 21.3 Å². The largest absolute Gasteiger partial charge is 0.503 e. The van der Waals surface area contributed by atoms with Gasteiger partial charge in [-0.1, -0.05) is 12.8 Å². The minimum absolute atomic E-state index is 0.0926. The third-order valence-corrected chi connectivity index (χ3v) is 5.13. The Bertz CT molecular complexity index is 679. The molecule has 0 bridgehead atoms. The molecule has 1 aliphatic rings. The molecule has 156 valence electrons. The molecular weight excluding hydrogens is 366 g/mol. The van der Waals surface area contributed by atoms with E-state index in [-0.39, 0.29) is 35.8 Å². The van der Waals surface area contributed by atoms with Gasteiger partial charge < -0.3 is 24.1 Å². The Morgan fingerprint density at radius 3 is 2.61 bits per heavy atom. The SMILES string of the molecule is COc1ccnc(C(=O)C[C@H]2CCCC[C@H](OC)[C@@H](OC)[C@H](C)OC2=O)c1O. The molecule has 1 aliphatic heterocycles. The Balaban J connectivity index is 2.14. The molecule has 1 fully saturated rings. The van der Waals surface area contributed by atoms with Crippen molar-refractivity contribution in [1.29, 1.82) is 0 Å². The van der Waals surface area contributed by atoms with Crippen LogP contribution in [0.2, 0.25) is 0 Å². The summed E-state index contributed by atoms with van der Waals surface area (Å²) in [5.74, 6) is -1.66. The van der Waals surface area contributed by atoms with E-state index in [4.69, 9.17) is 18.9 Å². The molecule has 1 aromatic rings. The van der Waals surface area contributed by atoms with Crippen LogP contribution in [0.3, 0.4) is 0 Å². The Labute approximate surface area is 165 Å². The van der Waals surface area contributed by atoms with Gasteiger partial charge in [-0.25, -0.2) is 4.98 Å². The van der Waals surface area contributed by atoms with Crippen molar-refractivity contribution >= 4 is 11.8 Å². The van der Waals surface area contributed by atoms with Gasteiger partial charge in [-0.3, -0.25) is 9.59 Å². The summed E-state index contributed by atoms with van der Waals surface area (Å²) in [6.07, 6.45) is 3.10. The third-order valence-electron chi connectivity index (χ3n) is 5.13. The van der Waals surface area contributed by atoms with E-state index < -0.39 is 23.8 Å². The Morgan fingerprint density at radius 2 is 1.96 bits per heavy atom. The maximum absolute atomic E-state index is 12.7. The first-order valence-electron chi connectivity index (χ1n) is 9.44. The van der Waals surface area contributed by atoms with Crippen molar-refractivity contribution in [3.8, 4) is 11.5 Å². The van der Waals surface area contributed by atoms with Gasteiger partial charge in [0, 0.05) is 32.9 Å². The highest BCUT2D eigenvalue weighted by Crippen LogP contribution is 2.30. The van der Waals surface area contributed by atoms with Crippen molar-refractivity contribution in [2.24, 2.45) is 5.92 Å². The van der Waals surface area contributed by atoms with Gasteiger partial charge in [0.15, 0.2) is 23.0 Å². The number of Topliss-reactive ketones (excluding diaryl/α,β-unsaturated/α-hetero) is 1. The van der Waals surface area contributed by atoms with Crippen LogP contribution in [0.5, 0.6) is 11.5 Å². The fraction of sp³-hybridized carbons (Fsp3) is 0.650. The summed E-state index contributed by atoms with van der Waals surface area (Å²) >= 11 is 0. The number of aromatic hydroxyl groups is 1. The lowest BCUT2D eigenvalue weighted by Crippen LogP contribution is -2.42. The monoisotopic (exact) mass is 395 g/mol. The first-order valence-corrected chi connectivity index (χ1v) is 9.44. The van der Waals surface area contributed by atoms with E-state index in [0.717, 1.165) is 19.3 Å². The predicted octanol–water partition coefficient (Wildman–Crippen LogP) is 2.52. The number of aromatic nitrogens is 1. The molecule has 0 aliphatic carbocycles. The maximum atomic E-state index is 12.7. The summed E-state index contributed by atoms with van der Waals surface area (Å²) in [6, 6.07) is 1.46. The average molecular weight is 395 g/mol. The lowest BCUT2D eigenvalue weighted by Gasteiger charge is -2.31. The number of cyclic esters (lactones) is 1. The number of methoxy groups -OCH3 is 3. The number of ether oxygens (including phenoxy) is 4. The molecule has 0 aromatic carbocycles. The topological polar surface area (TPSA) is 104 Å². The van der Waals surface area contributed by atoms with Crippen LogP contribution < -0.4 is 4.74 Å². The van der Waals surface area contributed by atoms with E-state index in [1.807, 2.05) is 0 Å². The van der Waals surface area contributed by atoms with Crippen molar-refractivity contribution in [3.63, 3.8) is 0 Å². The van der Waals surface area contributed by atoms with E-state index in [1.165, 1.54) is 19.4 Å². The molecule has 0 spiro atoms. The van der Waals surface area contributed by atoms with Crippen LogP contribution in [-0.4, -0.2) is 61.5 Å². The molecule has 4 atom stereocenters. The average Bonchev–Trinajstić information content (AvgIpc) is 2.68. The molecule has 2 heterocycles. The summed E-state index contributed by atoms with van der Waals surface area (Å²) in [5, 5.41) is 10.1. The Morgan fingerprint density at radius 1 is 1.25 bits per heavy atom. The number of rotatable bonds is 6. The molecular formula is C20H29NO7. The molecule has 2 rings (SSSR count). The van der Waals surface area contributed by atoms with Crippen LogP contribution in [0.15, 0.2) is 12.3 Å². The molecule has 0 amide bonds. The molecule has 1 aromatic heterocycles. The van der Waals surface area contributed by atoms with Gasteiger partial charge in [-0.15, -0.1) is 0 Å². The van der Waals surface area contributed by atoms with Gasteiger partial charge in [0.1, 0.15) is 12.2 Å². The Kier molecular flexibility index (Phi) is 8.19. The second kappa shape index (κ2) is 10.4. The number of carbonyl (C=O) groups excluding carboxylic acids is 2.